The van der Waals surface area contributed by atoms with Crippen molar-refractivity contribution in [3.63, 3.8) is 0 Å². The van der Waals surface area contributed by atoms with Crippen LogP contribution in [0, 0.1) is 6.92 Å². The summed E-state index contributed by atoms with van der Waals surface area (Å²) in [6.07, 6.45) is 0.581. The number of aryl methyl sites for hydroxylation is 1. The quantitative estimate of drug-likeness (QED) is 0.343. The molecule has 0 radical (unpaired) electrons. The maximum atomic E-state index is 12.7. The van der Waals surface area contributed by atoms with E-state index in [9.17, 15) is 18.0 Å². The number of nitrogens with one attached hydrogen (secondary N) is 1. The van der Waals surface area contributed by atoms with E-state index < -0.39 is 11.7 Å². The molecule has 0 spiro atoms. The molecule has 1 heterocycles. The predicted octanol–water partition coefficient (Wildman–Crippen LogP) is 7.25. The number of rotatable bonds is 9. The van der Waals surface area contributed by atoms with Crippen molar-refractivity contribution in [2.75, 3.05) is 6.54 Å². The Bertz CT molecular complexity index is 1150. The zero-order valence-electron chi connectivity index (χ0n) is 19.0. The molecule has 8 heteroatoms. The van der Waals surface area contributed by atoms with E-state index in [2.05, 4.69) is 23.5 Å². The van der Waals surface area contributed by atoms with Crippen molar-refractivity contribution in [1.29, 1.82) is 0 Å². The van der Waals surface area contributed by atoms with Gasteiger partial charge < -0.3 is 9.84 Å². The Kier molecular flexibility index (Phi) is 8.56. The van der Waals surface area contributed by atoms with Crippen molar-refractivity contribution in [2.24, 2.45) is 0 Å². The molecule has 1 amide bonds. The largest absolute Gasteiger partial charge is 0.416 e. The highest BCUT2D eigenvalue weighted by atomic mass is 35.5. The lowest BCUT2D eigenvalue weighted by molar-refractivity contribution is -0.137. The van der Waals surface area contributed by atoms with Gasteiger partial charge in [-0.2, -0.15) is 13.2 Å². The van der Waals surface area contributed by atoms with E-state index in [1.54, 1.807) is 0 Å². The minimum absolute atomic E-state index is 0.125. The van der Waals surface area contributed by atoms with Gasteiger partial charge in [-0.05, 0) is 66.3 Å². The third kappa shape index (κ3) is 6.97. The standard InChI is InChI=1S/C26H26ClF3N2O2/c1-3-4-5-19(23-15-21(27)11-6-17(23)2)12-13-31-25(33)24-16-22(34-32-24)14-18-7-9-20(10-8-18)26(28,29)30/h5-11,15-16H,3-4,12-14H2,1-2H3,(H,31,33). The fourth-order valence-electron chi connectivity index (χ4n) is 3.52. The van der Waals surface area contributed by atoms with Gasteiger partial charge in [-0.1, -0.05) is 54.4 Å². The summed E-state index contributed by atoms with van der Waals surface area (Å²) in [5.41, 5.74) is 3.33. The fraction of sp³-hybridized carbons (Fsp3) is 0.308. The van der Waals surface area contributed by atoms with Gasteiger partial charge in [-0.25, -0.2) is 0 Å². The second-order valence-electron chi connectivity index (χ2n) is 8.03. The molecule has 3 aromatic rings. The number of aromatic nitrogens is 1. The molecule has 2 aromatic carbocycles. The molecule has 3 rings (SSSR count). The highest BCUT2D eigenvalue weighted by molar-refractivity contribution is 6.30. The summed E-state index contributed by atoms with van der Waals surface area (Å²) in [5.74, 6) is 0.0167. The summed E-state index contributed by atoms with van der Waals surface area (Å²) in [7, 11) is 0. The van der Waals surface area contributed by atoms with Crippen LogP contribution in [0.2, 0.25) is 5.02 Å². The minimum Gasteiger partial charge on any atom is -0.360 e. The number of hydrogen-bond donors (Lipinski definition) is 1. The number of allylic oxidation sites excluding steroid dienone is 1. The van der Waals surface area contributed by atoms with Gasteiger partial charge in [0, 0.05) is 24.1 Å². The molecular weight excluding hydrogens is 465 g/mol. The number of benzene rings is 2. The normalized spacial score (nSPS) is 12.1. The molecule has 0 unspecified atom stereocenters. The second kappa shape index (κ2) is 11.4. The number of amides is 1. The second-order valence-corrected chi connectivity index (χ2v) is 8.47. The highest BCUT2D eigenvalue weighted by Crippen LogP contribution is 2.29. The van der Waals surface area contributed by atoms with Crippen LogP contribution in [-0.4, -0.2) is 17.6 Å². The molecule has 34 heavy (non-hydrogen) atoms. The number of halogens is 4. The number of unbranched alkanes of at least 4 members (excludes halogenated alkanes) is 1. The first-order valence-corrected chi connectivity index (χ1v) is 11.4. The lowest BCUT2D eigenvalue weighted by Gasteiger charge is -2.12. The van der Waals surface area contributed by atoms with Crippen molar-refractivity contribution in [1.82, 2.24) is 10.5 Å². The number of hydrogen-bond acceptors (Lipinski definition) is 3. The van der Waals surface area contributed by atoms with E-state index >= 15 is 0 Å². The van der Waals surface area contributed by atoms with Crippen LogP contribution in [0.15, 0.2) is 59.1 Å². The maximum Gasteiger partial charge on any atom is 0.416 e. The molecule has 0 bridgehead atoms. The number of carbonyl (C=O) groups excluding carboxylic acids is 1. The number of nitrogens with zero attached hydrogens (tertiary/aromatic N) is 1. The van der Waals surface area contributed by atoms with Crippen LogP contribution >= 0.6 is 11.6 Å². The Balaban J connectivity index is 1.59. The Morgan fingerprint density at radius 1 is 1.15 bits per heavy atom. The van der Waals surface area contributed by atoms with E-state index in [-0.39, 0.29) is 18.0 Å². The first kappa shape index (κ1) is 25.6. The first-order valence-electron chi connectivity index (χ1n) is 11.0. The third-order valence-corrected chi connectivity index (χ3v) is 5.59. The molecule has 0 saturated heterocycles. The van der Waals surface area contributed by atoms with Crippen LogP contribution < -0.4 is 5.32 Å². The Morgan fingerprint density at radius 2 is 1.88 bits per heavy atom. The van der Waals surface area contributed by atoms with Crippen LogP contribution in [0.3, 0.4) is 0 Å². The average Bonchev–Trinajstić information content (AvgIpc) is 3.26. The van der Waals surface area contributed by atoms with Crippen LogP contribution in [0.1, 0.15) is 64.7 Å². The summed E-state index contributed by atoms with van der Waals surface area (Å²) in [6.45, 7) is 4.53. The van der Waals surface area contributed by atoms with Crippen molar-refractivity contribution in [2.45, 2.75) is 45.7 Å². The van der Waals surface area contributed by atoms with E-state index in [0.29, 0.717) is 29.3 Å². The first-order chi connectivity index (χ1) is 16.2. The van der Waals surface area contributed by atoms with Crippen LogP contribution in [-0.2, 0) is 12.6 Å². The minimum atomic E-state index is -4.38. The van der Waals surface area contributed by atoms with Crippen LogP contribution in [0.4, 0.5) is 13.2 Å². The van der Waals surface area contributed by atoms with Gasteiger partial charge in [-0.3, -0.25) is 4.79 Å². The SMILES string of the molecule is CCCC=C(CCNC(=O)c1cc(Cc2ccc(C(F)(F)F)cc2)on1)c1cc(Cl)ccc1C. The van der Waals surface area contributed by atoms with Crippen LogP contribution in [0.25, 0.3) is 5.57 Å². The van der Waals surface area contributed by atoms with Crippen molar-refractivity contribution in [3.8, 4) is 0 Å². The average molecular weight is 491 g/mol. The van der Waals surface area contributed by atoms with E-state index in [0.717, 1.165) is 41.7 Å². The zero-order valence-corrected chi connectivity index (χ0v) is 19.8. The van der Waals surface area contributed by atoms with Crippen LogP contribution in [0.5, 0.6) is 0 Å². The Morgan fingerprint density at radius 3 is 2.56 bits per heavy atom. The lowest BCUT2D eigenvalue weighted by Crippen LogP contribution is -2.25. The van der Waals surface area contributed by atoms with Gasteiger partial charge in [0.05, 0.1) is 5.56 Å². The molecule has 0 aliphatic rings. The van der Waals surface area contributed by atoms with Gasteiger partial charge in [0.2, 0.25) is 0 Å². The summed E-state index contributed by atoms with van der Waals surface area (Å²) in [4.78, 5) is 12.5. The van der Waals surface area contributed by atoms with E-state index in [1.165, 1.54) is 18.2 Å². The molecule has 1 N–H and O–H groups in total. The highest BCUT2D eigenvalue weighted by Gasteiger charge is 2.30. The van der Waals surface area contributed by atoms with Gasteiger partial charge in [0.1, 0.15) is 5.76 Å². The number of alkyl halides is 3. The summed E-state index contributed by atoms with van der Waals surface area (Å²) in [5, 5.41) is 7.31. The van der Waals surface area contributed by atoms with E-state index in [4.69, 9.17) is 16.1 Å². The Labute approximate surface area is 201 Å². The molecule has 4 nitrogen and oxygen atoms in total. The smallest absolute Gasteiger partial charge is 0.360 e. The summed E-state index contributed by atoms with van der Waals surface area (Å²) in [6, 6.07) is 12.1. The molecule has 0 aliphatic carbocycles. The molecule has 180 valence electrons. The van der Waals surface area contributed by atoms with E-state index in [1.807, 2.05) is 25.1 Å². The predicted molar refractivity (Wildman–Crippen MR) is 127 cm³/mol. The maximum absolute atomic E-state index is 12.7. The summed E-state index contributed by atoms with van der Waals surface area (Å²) < 4.78 is 43.3. The van der Waals surface area contributed by atoms with Gasteiger partial charge >= 0.3 is 6.18 Å². The molecular formula is C26H26ClF3N2O2. The molecule has 1 aromatic heterocycles. The van der Waals surface area contributed by atoms with Crippen molar-refractivity contribution in [3.05, 3.63) is 93.3 Å². The topological polar surface area (TPSA) is 55.1 Å². The monoisotopic (exact) mass is 490 g/mol. The molecule has 0 atom stereocenters. The van der Waals surface area contributed by atoms with Crippen molar-refractivity contribution < 1.29 is 22.5 Å². The molecule has 0 saturated carbocycles. The van der Waals surface area contributed by atoms with Gasteiger partial charge in [-0.15, -0.1) is 0 Å². The van der Waals surface area contributed by atoms with Gasteiger partial charge in [0.25, 0.3) is 5.91 Å². The Hall–Kier alpha value is -3.06. The molecule has 0 aliphatic heterocycles. The third-order valence-electron chi connectivity index (χ3n) is 5.36. The number of carbonyl (C=O) groups is 1. The fourth-order valence-corrected chi connectivity index (χ4v) is 3.69. The zero-order chi connectivity index (χ0) is 24.7. The summed E-state index contributed by atoms with van der Waals surface area (Å²) >= 11 is 6.18. The molecule has 0 fully saturated rings. The van der Waals surface area contributed by atoms with Gasteiger partial charge in [0.15, 0.2) is 5.69 Å². The van der Waals surface area contributed by atoms with Crippen molar-refractivity contribution >= 4 is 23.1 Å². The lowest BCUT2D eigenvalue weighted by atomic mass is 9.96.